The van der Waals surface area contributed by atoms with Gasteiger partial charge in [0.2, 0.25) is 0 Å². The number of nitrogens with one attached hydrogen (secondary N) is 1. The molecule has 6 heteroatoms. The number of carbonyl (C=O) groups excluding carboxylic acids is 1. The number of hydrogen-bond acceptors (Lipinski definition) is 4. The minimum Gasteiger partial charge on any atom is -0.493 e. The summed E-state index contributed by atoms with van der Waals surface area (Å²) in [7, 11) is 1.52. The van der Waals surface area contributed by atoms with E-state index < -0.39 is 11.7 Å². The Morgan fingerprint density at radius 2 is 1.78 bits per heavy atom. The average Bonchev–Trinajstić information content (AvgIpc) is 2.58. The van der Waals surface area contributed by atoms with Gasteiger partial charge in [-0.25, -0.2) is 9.82 Å². The van der Waals surface area contributed by atoms with Gasteiger partial charge < -0.3 is 9.47 Å². The zero-order valence-electron chi connectivity index (χ0n) is 12.9. The predicted octanol–water partition coefficient (Wildman–Crippen LogP) is 2.75. The van der Waals surface area contributed by atoms with Crippen LogP contribution in [0.5, 0.6) is 11.5 Å². The number of benzene rings is 2. The number of methoxy groups -OCH3 is 1. The molecule has 5 nitrogen and oxygen atoms in total. The molecule has 0 saturated heterocycles. The summed E-state index contributed by atoms with van der Waals surface area (Å²) >= 11 is 0. The van der Waals surface area contributed by atoms with E-state index in [1.54, 1.807) is 49.4 Å². The van der Waals surface area contributed by atoms with Gasteiger partial charge in [0.25, 0.3) is 5.91 Å². The van der Waals surface area contributed by atoms with Crippen LogP contribution < -0.4 is 14.9 Å². The Morgan fingerprint density at radius 1 is 1.13 bits per heavy atom. The zero-order chi connectivity index (χ0) is 16.7. The first-order valence-electron chi connectivity index (χ1n) is 6.95. The highest BCUT2D eigenvalue weighted by Gasteiger charge is 2.08. The Labute approximate surface area is 133 Å². The summed E-state index contributed by atoms with van der Waals surface area (Å²) in [4.78, 5) is 11.8. The van der Waals surface area contributed by atoms with Crippen molar-refractivity contribution in [1.82, 2.24) is 5.43 Å². The van der Waals surface area contributed by atoms with Gasteiger partial charge in [-0.05, 0) is 25.1 Å². The van der Waals surface area contributed by atoms with Crippen molar-refractivity contribution in [3.05, 3.63) is 59.9 Å². The zero-order valence-corrected chi connectivity index (χ0v) is 12.9. The standard InChI is InChI=1S/C17H17FN2O3/c1-12(13-7-3-4-8-14(13)18)19-20-17(21)11-23-16-10-6-5-9-15(16)22-2/h3-10H,11H2,1-2H3,(H,20,21)/b19-12-. The summed E-state index contributed by atoms with van der Waals surface area (Å²) in [5.41, 5.74) is 3.03. The van der Waals surface area contributed by atoms with Crippen LogP contribution in [0, 0.1) is 5.82 Å². The largest absolute Gasteiger partial charge is 0.493 e. The normalized spacial score (nSPS) is 11.0. The van der Waals surface area contributed by atoms with Crippen molar-refractivity contribution in [2.45, 2.75) is 6.92 Å². The number of ether oxygens (including phenoxy) is 2. The van der Waals surface area contributed by atoms with E-state index in [1.807, 2.05) is 0 Å². The fraction of sp³-hybridized carbons (Fsp3) is 0.176. The van der Waals surface area contributed by atoms with E-state index in [-0.39, 0.29) is 6.61 Å². The van der Waals surface area contributed by atoms with Crippen LogP contribution in [-0.2, 0) is 4.79 Å². The molecule has 0 aliphatic rings. The number of amides is 1. The fourth-order valence-electron chi connectivity index (χ4n) is 1.87. The van der Waals surface area contributed by atoms with Gasteiger partial charge in [0.1, 0.15) is 5.82 Å². The first kappa shape index (κ1) is 16.5. The molecule has 2 aromatic rings. The Bertz CT molecular complexity index is 716. The molecular weight excluding hydrogens is 299 g/mol. The van der Waals surface area contributed by atoms with E-state index in [0.29, 0.717) is 22.8 Å². The molecule has 120 valence electrons. The predicted molar refractivity (Wildman–Crippen MR) is 85.2 cm³/mol. The van der Waals surface area contributed by atoms with Crippen LogP contribution in [0.25, 0.3) is 0 Å². The number of hydrogen-bond donors (Lipinski definition) is 1. The number of halogens is 1. The molecule has 0 bridgehead atoms. The maximum atomic E-state index is 13.6. The van der Waals surface area contributed by atoms with Gasteiger partial charge in [-0.1, -0.05) is 30.3 Å². The molecule has 0 atom stereocenters. The average molecular weight is 316 g/mol. The second kappa shape index (κ2) is 7.93. The molecule has 0 spiro atoms. The van der Waals surface area contributed by atoms with E-state index in [0.717, 1.165) is 0 Å². The number of hydrazone groups is 1. The smallest absolute Gasteiger partial charge is 0.277 e. The lowest BCUT2D eigenvalue weighted by Gasteiger charge is -2.09. The van der Waals surface area contributed by atoms with E-state index in [4.69, 9.17) is 9.47 Å². The second-order valence-corrected chi connectivity index (χ2v) is 4.65. The number of para-hydroxylation sites is 2. The van der Waals surface area contributed by atoms with E-state index in [1.165, 1.54) is 13.2 Å². The highest BCUT2D eigenvalue weighted by molar-refractivity contribution is 5.99. The number of nitrogens with zero attached hydrogens (tertiary/aromatic N) is 1. The van der Waals surface area contributed by atoms with Crippen molar-refractivity contribution in [3.63, 3.8) is 0 Å². The first-order chi connectivity index (χ1) is 11.1. The monoisotopic (exact) mass is 316 g/mol. The summed E-state index contributed by atoms with van der Waals surface area (Å²) < 4.78 is 24.1. The van der Waals surface area contributed by atoms with Gasteiger partial charge >= 0.3 is 0 Å². The third kappa shape index (κ3) is 4.54. The van der Waals surface area contributed by atoms with E-state index in [2.05, 4.69) is 10.5 Å². The molecule has 0 saturated carbocycles. The Kier molecular flexibility index (Phi) is 5.68. The topological polar surface area (TPSA) is 59.9 Å². The van der Waals surface area contributed by atoms with Crippen LogP contribution in [0.2, 0.25) is 0 Å². The quantitative estimate of drug-likeness (QED) is 0.658. The van der Waals surface area contributed by atoms with Gasteiger partial charge in [-0.3, -0.25) is 4.79 Å². The molecule has 2 aromatic carbocycles. The van der Waals surface area contributed by atoms with Gasteiger partial charge in [0, 0.05) is 5.56 Å². The molecule has 23 heavy (non-hydrogen) atoms. The molecule has 0 radical (unpaired) electrons. The highest BCUT2D eigenvalue weighted by atomic mass is 19.1. The molecule has 0 aliphatic heterocycles. The minimum atomic E-state index is -0.452. The third-order valence-corrected chi connectivity index (χ3v) is 3.04. The van der Waals surface area contributed by atoms with Gasteiger partial charge in [-0.15, -0.1) is 0 Å². The Balaban J connectivity index is 1.92. The Hall–Kier alpha value is -2.89. The summed E-state index contributed by atoms with van der Waals surface area (Å²) in [5, 5.41) is 3.88. The Morgan fingerprint density at radius 3 is 2.48 bits per heavy atom. The lowest BCUT2D eigenvalue weighted by atomic mass is 10.1. The highest BCUT2D eigenvalue weighted by Crippen LogP contribution is 2.25. The summed E-state index contributed by atoms with van der Waals surface area (Å²) in [6, 6.07) is 13.2. The van der Waals surface area contributed by atoms with Crippen molar-refractivity contribution in [2.75, 3.05) is 13.7 Å². The van der Waals surface area contributed by atoms with Crippen LogP contribution in [0.4, 0.5) is 4.39 Å². The van der Waals surface area contributed by atoms with Gasteiger partial charge in [-0.2, -0.15) is 5.10 Å². The van der Waals surface area contributed by atoms with Crippen LogP contribution in [0.3, 0.4) is 0 Å². The molecule has 1 amide bonds. The second-order valence-electron chi connectivity index (χ2n) is 4.65. The lowest BCUT2D eigenvalue weighted by Crippen LogP contribution is -2.25. The minimum absolute atomic E-state index is 0.228. The molecule has 0 heterocycles. The fourth-order valence-corrected chi connectivity index (χ4v) is 1.87. The molecular formula is C17H17FN2O3. The van der Waals surface area contributed by atoms with Crippen molar-refractivity contribution >= 4 is 11.6 Å². The lowest BCUT2D eigenvalue weighted by molar-refractivity contribution is -0.123. The first-order valence-corrected chi connectivity index (χ1v) is 6.95. The van der Waals surface area contributed by atoms with Crippen LogP contribution in [-0.4, -0.2) is 25.3 Å². The third-order valence-electron chi connectivity index (χ3n) is 3.04. The molecule has 0 aromatic heterocycles. The molecule has 0 fully saturated rings. The van der Waals surface area contributed by atoms with Crippen LogP contribution >= 0.6 is 0 Å². The maximum Gasteiger partial charge on any atom is 0.277 e. The summed E-state index contributed by atoms with van der Waals surface area (Å²) in [6.07, 6.45) is 0. The SMILES string of the molecule is COc1ccccc1OCC(=O)N/N=C(/C)c1ccccc1F. The van der Waals surface area contributed by atoms with Crippen molar-refractivity contribution in [1.29, 1.82) is 0 Å². The maximum absolute atomic E-state index is 13.6. The van der Waals surface area contributed by atoms with E-state index in [9.17, 15) is 9.18 Å². The number of rotatable bonds is 6. The van der Waals surface area contributed by atoms with E-state index >= 15 is 0 Å². The van der Waals surface area contributed by atoms with Crippen LogP contribution in [0.1, 0.15) is 12.5 Å². The van der Waals surface area contributed by atoms with Gasteiger partial charge in [0.15, 0.2) is 18.1 Å². The molecule has 1 N–H and O–H groups in total. The van der Waals surface area contributed by atoms with Crippen molar-refractivity contribution in [2.24, 2.45) is 5.10 Å². The molecule has 0 aliphatic carbocycles. The summed E-state index contributed by atoms with van der Waals surface area (Å²) in [6.45, 7) is 1.38. The van der Waals surface area contributed by atoms with Crippen molar-refractivity contribution < 1.29 is 18.7 Å². The van der Waals surface area contributed by atoms with Crippen LogP contribution in [0.15, 0.2) is 53.6 Å². The molecule has 2 rings (SSSR count). The van der Waals surface area contributed by atoms with Crippen molar-refractivity contribution in [3.8, 4) is 11.5 Å². The van der Waals surface area contributed by atoms with Gasteiger partial charge in [0.05, 0.1) is 12.8 Å². The summed E-state index contributed by atoms with van der Waals surface area (Å²) in [5.74, 6) is 0.145. The molecule has 0 unspecified atom stereocenters. The number of carbonyl (C=O) groups is 1.